The quantitative estimate of drug-likeness (QED) is 0.791. The molecule has 0 amide bonds. The second-order valence-corrected chi connectivity index (χ2v) is 3.17. The molecule has 1 aromatic carbocycles. The third kappa shape index (κ3) is 2.39. The summed E-state index contributed by atoms with van der Waals surface area (Å²) in [4.78, 5) is 3.66. The van der Waals surface area contributed by atoms with Crippen LogP contribution < -0.4 is 0 Å². The van der Waals surface area contributed by atoms with Crippen molar-refractivity contribution in [1.82, 2.24) is 10.1 Å². The van der Waals surface area contributed by atoms with Gasteiger partial charge >= 0.3 is 12.6 Å². The Morgan fingerprint density at radius 1 is 1.19 bits per heavy atom. The number of hydrogen-bond acceptors (Lipinski definition) is 3. The van der Waals surface area contributed by atoms with E-state index in [9.17, 15) is 13.2 Å². The van der Waals surface area contributed by atoms with Gasteiger partial charge in [-0.3, -0.25) is 0 Å². The lowest BCUT2D eigenvalue weighted by atomic mass is 10.1. The maximum absolute atomic E-state index is 12.3. The van der Waals surface area contributed by atoms with E-state index in [4.69, 9.17) is 0 Å². The van der Waals surface area contributed by atoms with E-state index in [0.717, 1.165) is 12.1 Å². The lowest BCUT2D eigenvalue weighted by Gasteiger charge is -2.06. The van der Waals surface area contributed by atoms with E-state index in [-0.39, 0.29) is 0 Å². The van der Waals surface area contributed by atoms with Gasteiger partial charge in [-0.25, -0.2) is 0 Å². The number of benzene rings is 1. The van der Waals surface area contributed by atoms with E-state index in [1.54, 1.807) is 0 Å². The van der Waals surface area contributed by atoms with E-state index in [1.165, 1.54) is 12.1 Å². The zero-order valence-electron chi connectivity index (χ0n) is 7.95. The zero-order chi connectivity index (χ0) is 11.6. The number of nitrogens with zero attached hydrogens (tertiary/aromatic N) is 2. The van der Waals surface area contributed by atoms with Crippen LogP contribution in [0.3, 0.4) is 0 Å². The summed E-state index contributed by atoms with van der Waals surface area (Å²) >= 11 is 0. The minimum atomic E-state index is -4.31. The number of rotatable bonds is 2. The summed E-state index contributed by atoms with van der Waals surface area (Å²) in [5.41, 5.74) is 0.0127. The first-order valence-electron chi connectivity index (χ1n) is 4.40. The van der Waals surface area contributed by atoms with Crippen molar-refractivity contribution in [2.24, 2.45) is 0 Å². The molecular formula is C10H6F3N2O. The first-order valence-corrected chi connectivity index (χ1v) is 4.40. The fraction of sp³-hybridized carbons (Fsp3) is 0.200. The number of alkyl halides is 3. The van der Waals surface area contributed by atoms with Crippen molar-refractivity contribution in [2.45, 2.75) is 12.6 Å². The summed E-state index contributed by atoms with van der Waals surface area (Å²) in [5, 5.41) is 3.52. The van der Waals surface area contributed by atoms with Crippen molar-refractivity contribution in [3.05, 3.63) is 47.6 Å². The smallest absolute Gasteiger partial charge is 0.329 e. The average molecular weight is 227 g/mol. The van der Waals surface area contributed by atoms with Gasteiger partial charge in [0, 0.05) is 6.42 Å². The van der Waals surface area contributed by atoms with Gasteiger partial charge in [-0.15, -0.1) is 0 Å². The van der Waals surface area contributed by atoms with Crippen LogP contribution in [0.4, 0.5) is 13.2 Å². The highest BCUT2D eigenvalue weighted by molar-refractivity contribution is 5.26. The van der Waals surface area contributed by atoms with Crippen LogP contribution in [0, 0.1) is 6.39 Å². The fourth-order valence-corrected chi connectivity index (χ4v) is 1.23. The third-order valence-corrected chi connectivity index (χ3v) is 2.01. The minimum absolute atomic E-state index is 0.325. The predicted molar refractivity (Wildman–Crippen MR) is 47.4 cm³/mol. The summed E-state index contributed by atoms with van der Waals surface area (Å²) in [5.74, 6) is 0.389. The van der Waals surface area contributed by atoms with Crippen LogP contribution >= 0.6 is 0 Å². The molecule has 1 heterocycles. The molecule has 83 valence electrons. The first kappa shape index (κ1) is 10.7. The molecule has 0 fully saturated rings. The first-order chi connectivity index (χ1) is 7.55. The molecule has 0 atom stereocenters. The summed E-state index contributed by atoms with van der Waals surface area (Å²) < 4.78 is 41.2. The monoisotopic (exact) mass is 227 g/mol. The lowest BCUT2D eigenvalue weighted by molar-refractivity contribution is -0.137. The third-order valence-electron chi connectivity index (χ3n) is 2.01. The van der Waals surface area contributed by atoms with Crippen molar-refractivity contribution >= 4 is 0 Å². The molecule has 0 bridgehead atoms. The van der Waals surface area contributed by atoms with Crippen molar-refractivity contribution < 1.29 is 17.7 Å². The molecule has 0 N–H and O–H groups in total. The molecule has 0 aliphatic rings. The highest BCUT2D eigenvalue weighted by Crippen LogP contribution is 2.29. The molecule has 0 aliphatic carbocycles. The SMILES string of the molecule is FC(F)(F)c1ccc(Cc2n[c]on2)cc1. The molecule has 0 unspecified atom stereocenters. The van der Waals surface area contributed by atoms with Crippen LogP contribution in [0.25, 0.3) is 0 Å². The van der Waals surface area contributed by atoms with Gasteiger partial charge in [0.1, 0.15) is 0 Å². The van der Waals surface area contributed by atoms with E-state index in [1.807, 2.05) is 0 Å². The van der Waals surface area contributed by atoms with Gasteiger partial charge in [-0.05, 0) is 17.7 Å². The molecule has 0 spiro atoms. The second-order valence-electron chi connectivity index (χ2n) is 3.17. The van der Waals surface area contributed by atoms with Gasteiger partial charge in [0.05, 0.1) is 5.56 Å². The highest BCUT2D eigenvalue weighted by Gasteiger charge is 2.29. The summed E-state index contributed by atoms with van der Waals surface area (Å²) in [6.45, 7) is 0. The second kappa shape index (κ2) is 3.96. The summed E-state index contributed by atoms with van der Waals surface area (Å²) in [7, 11) is 0. The Labute approximate surface area is 88.9 Å². The van der Waals surface area contributed by atoms with Crippen LogP contribution in [-0.2, 0) is 12.6 Å². The molecule has 0 aliphatic heterocycles. The molecule has 2 rings (SSSR count). The largest absolute Gasteiger partial charge is 0.416 e. The van der Waals surface area contributed by atoms with Crippen LogP contribution in [0.15, 0.2) is 28.8 Å². The maximum Gasteiger partial charge on any atom is 0.416 e. The molecular weight excluding hydrogens is 221 g/mol. The topological polar surface area (TPSA) is 38.9 Å². The molecule has 0 saturated heterocycles. The molecule has 1 radical (unpaired) electrons. The minimum Gasteiger partial charge on any atom is -0.329 e. The van der Waals surface area contributed by atoms with Crippen molar-refractivity contribution in [3.8, 4) is 0 Å². The van der Waals surface area contributed by atoms with Gasteiger partial charge in [0.25, 0.3) is 0 Å². The number of hydrogen-bond donors (Lipinski definition) is 0. The molecule has 1 aromatic heterocycles. The summed E-state index contributed by atoms with van der Waals surface area (Å²) in [6.07, 6.45) is -1.81. The Balaban J connectivity index is 2.14. The van der Waals surface area contributed by atoms with Gasteiger partial charge in [-0.1, -0.05) is 17.3 Å². The molecule has 3 nitrogen and oxygen atoms in total. The van der Waals surface area contributed by atoms with Crippen LogP contribution in [0.1, 0.15) is 17.0 Å². The Kier molecular flexibility index (Phi) is 2.64. The molecule has 6 heteroatoms. The molecule has 2 aromatic rings. The standard InChI is InChI=1S/C10H6F3N2O/c11-10(12,13)8-3-1-7(2-4-8)5-9-14-6-16-15-9/h1-4H,5H2. The van der Waals surface area contributed by atoms with Gasteiger partial charge < -0.3 is 4.52 Å². The Morgan fingerprint density at radius 2 is 1.88 bits per heavy atom. The Morgan fingerprint density at radius 3 is 2.38 bits per heavy atom. The molecule has 16 heavy (non-hydrogen) atoms. The zero-order valence-corrected chi connectivity index (χ0v) is 7.95. The van der Waals surface area contributed by atoms with E-state index in [0.29, 0.717) is 17.8 Å². The van der Waals surface area contributed by atoms with Crippen LogP contribution in [-0.4, -0.2) is 10.1 Å². The fourth-order valence-electron chi connectivity index (χ4n) is 1.23. The van der Waals surface area contributed by atoms with Crippen molar-refractivity contribution in [3.63, 3.8) is 0 Å². The Bertz CT molecular complexity index is 448. The highest BCUT2D eigenvalue weighted by atomic mass is 19.4. The van der Waals surface area contributed by atoms with Gasteiger partial charge in [0.15, 0.2) is 5.82 Å². The van der Waals surface area contributed by atoms with Crippen molar-refractivity contribution in [1.29, 1.82) is 0 Å². The van der Waals surface area contributed by atoms with E-state index < -0.39 is 11.7 Å². The van der Waals surface area contributed by atoms with E-state index >= 15 is 0 Å². The van der Waals surface area contributed by atoms with Crippen LogP contribution in [0.5, 0.6) is 0 Å². The lowest BCUT2D eigenvalue weighted by Crippen LogP contribution is -2.04. The van der Waals surface area contributed by atoms with Crippen molar-refractivity contribution in [2.75, 3.05) is 0 Å². The van der Waals surface area contributed by atoms with Gasteiger partial charge in [-0.2, -0.15) is 18.2 Å². The van der Waals surface area contributed by atoms with E-state index in [2.05, 4.69) is 21.1 Å². The number of halogens is 3. The van der Waals surface area contributed by atoms with Gasteiger partial charge in [0.2, 0.25) is 0 Å². The molecule has 0 saturated carbocycles. The predicted octanol–water partition coefficient (Wildman–Crippen LogP) is 2.48. The normalized spacial score (nSPS) is 11.7. The summed E-state index contributed by atoms with van der Waals surface area (Å²) in [6, 6.07) is 4.83. The average Bonchev–Trinajstić information content (AvgIpc) is 2.70. The number of aromatic nitrogens is 2. The Hall–Kier alpha value is -1.85. The van der Waals surface area contributed by atoms with Crippen LogP contribution in [0.2, 0.25) is 0 Å². The maximum atomic E-state index is 12.3.